The number of carbonyl (C=O) groups is 2. The highest BCUT2D eigenvalue weighted by Gasteiger charge is 2.03. The molecule has 0 radical (unpaired) electrons. The predicted molar refractivity (Wildman–Crippen MR) is 81.9 cm³/mol. The van der Waals surface area contributed by atoms with Crippen LogP contribution in [0.2, 0.25) is 0 Å². The third kappa shape index (κ3) is 16.9. The first kappa shape index (κ1) is 20.8. The summed E-state index contributed by atoms with van der Waals surface area (Å²) in [6.07, 6.45) is 2.79. The number of ether oxygens (including phenoxy) is 3. The van der Waals surface area contributed by atoms with E-state index in [4.69, 9.17) is 19.3 Å². The molecule has 0 fully saturated rings. The van der Waals surface area contributed by atoms with Gasteiger partial charge in [0.05, 0.1) is 32.8 Å². The molecule has 7 nitrogen and oxygen atoms in total. The van der Waals surface area contributed by atoms with Crippen LogP contribution in [0.3, 0.4) is 0 Å². The molecule has 0 aromatic heterocycles. The minimum atomic E-state index is -0.964. The molecule has 0 bridgehead atoms. The number of hydrogen-bond acceptors (Lipinski definition) is 5. The van der Waals surface area contributed by atoms with Gasteiger partial charge in [0.15, 0.2) is 0 Å². The zero-order valence-electron chi connectivity index (χ0n) is 13.5. The maximum absolute atomic E-state index is 11.2. The van der Waals surface area contributed by atoms with Gasteiger partial charge in [0.1, 0.15) is 0 Å². The minimum absolute atomic E-state index is 0.0182. The van der Waals surface area contributed by atoms with Crippen molar-refractivity contribution in [1.82, 2.24) is 5.32 Å². The van der Waals surface area contributed by atoms with Crippen molar-refractivity contribution in [2.24, 2.45) is 0 Å². The summed E-state index contributed by atoms with van der Waals surface area (Å²) in [6, 6.07) is 0. The highest BCUT2D eigenvalue weighted by Crippen LogP contribution is 1.90. The average Bonchev–Trinajstić information content (AvgIpc) is 2.49. The third-order valence-electron chi connectivity index (χ3n) is 2.74. The van der Waals surface area contributed by atoms with Crippen LogP contribution in [0.15, 0.2) is 0 Å². The Labute approximate surface area is 132 Å². The summed E-state index contributed by atoms with van der Waals surface area (Å²) in [5.74, 6) is -1.21. The fourth-order valence-electron chi connectivity index (χ4n) is 1.50. The molecule has 0 atom stereocenters. The summed E-state index contributed by atoms with van der Waals surface area (Å²) in [4.78, 5) is 21.5. The van der Waals surface area contributed by atoms with Crippen LogP contribution in [0, 0.1) is 0 Å². The van der Waals surface area contributed by atoms with Crippen LogP contribution in [0.25, 0.3) is 0 Å². The fourth-order valence-corrected chi connectivity index (χ4v) is 1.50. The van der Waals surface area contributed by atoms with Gasteiger partial charge in [-0.15, -0.1) is 0 Å². The molecule has 0 aliphatic rings. The van der Waals surface area contributed by atoms with E-state index in [0.29, 0.717) is 46.0 Å². The SMILES string of the molecule is CCCCOCCOCCOCCCNC(=O)CCC(=O)O. The largest absolute Gasteiger partial charge is 0.481 e. The molecule has 0 heterocycles. The van der Waals surface area contributed by atoms with Crippen LogP contribution < -0.4 is 5.32 Å². The smallest absolute Gasteiger partial charge is 0.303 e. The molecular weight excluding hydrogens is 290 g/mol. The zero-order chi connectivity index (χ0) is 16.5. The fraction of sp³-hybridized carbons (Fsp3) is 0.867. The van der Waals surface area contributed by atoms with E-state index >= 15 is 0 Å². The van der Waals surface area contributed by atoms with Gasteiger partial charge in [0.2, 0.25) is 5.91 Å². The number of hydrogen-bond donors (Lipinski definition) is 2. The van der Waals surface area contributed by atoms with Crippen molar-refractivity contribution < 1.29 is 28.9 Å². The molecule has 0 unspecified atom stereocenters. The first-order chi connectivity index (χ1) is 10.7. The molecule has 130 valence electrons. The van der Waals surface area contributed by atoms with E-state index in [2.05, 4.69) is 12.2 Å². The predicted octanol–water partition coefficient (Wildman–Crippen LogP) is 1.21. The van der Waals surface area contributed by atoms with Crippen LogP contribution in [-0.2, 0) is 23.8 Å². The Morgan fingerprint density at radius 1 is 0.864 bits per heavy atom. The molecule has 0 aliphatic carbocycles. The third-order valence-corrected chi connectivity index (χ3v) is 2.74. The van der Waals surface area contributed by atoms with E-state index in [1.807, 2.05) is 0 Å². The van der Waals surface area contributed by atoms with Crippen molar-refractivity contribution in [3.05, 3.63) is 0 Å². The highest BCUT2D eigenvalue weighted by atomic mass is 16.5. The zero-order valence-corrected chi connectivity index (χ0v) is 13.5. The molecule has 0 saturated carbocycles. The lowest BCUT2D eigenvalue weighted by atomic mass is 10.3. The lowest BCUT2D eigenvalue weighted by Crippen LogP contribution is -2.25. The van der Waals surface area contributed by atoms with Crippen LogP contribution in [0.5, 0.6) is 0 Å². The minimum Gasteiger partial charge on any atom is -0.481 e. The Kier molecular flexibility index (Phi) is 15.3. The molecule has 0 spiro atoms. The van der Waals surface area contributed by atoms with Gasteiger partial charge in [-0.1, -0.05) is 13.3 Å². The molecule has 0 aromatic carbocycles. The lowest BCUT2D eigenvalue weighted by Gasteiger charge is -2.07. The number of rotatable bonds is 16. The van der Waals surface area contributed by atoms with E-state index in [1.54, 1.807) is 0 Å². The Morgan fingerprint density at radius 2 is 1.41 bits per heavy atom. The van der Waals surface area contributed by atoms with Crippen molar-refractivity contribution in [1.29, 1.82) is 0 Å². The van der Waals surface area contributed by atoms with Crippen molar-refractivity contribution in [3.8, 4) is 0 Å². The number of carbonyl (C=O) groups excluding carboxylic acids is 1. The van der Waals surface area contributed by atoms with Crippen LogP contribution in [-0.4, -0.2) is 63.2 Å². The summed E-state index contributed by atoms with van der Waals surface area (Å²) in [5, 5.41) is 11.1. The van der Waals surface area contributed by atoms with Crippen LogP contribution >= 0.6 is 0 Å². The molecule has 0 saturated heterocycles. The van der Waals surface area contributed by atoms with Crippen LogP contribution in [0.4, 0.5) is 0 Å². The average molecular weight is 319 g/mol. The van der Waals surface area contributed by atoms with Crippen molar-refractivity contribution >= 4 is 11.9 Å². The first-order valence-electron chi connectivity index (χ1n) is 7.88. The Morgan fingerprint density at radius 3 is 1.95 bits per heavy atom. The maximum Gasteiger partial charge on any atom is 0.303 e. The molecule has 1 amide bonds. The molecule has 0 aliphatic heterocycles. The molecule has 22 heavy (non-hydrogen) atoms. The van der Waals surface area contributed by atoms with Gasteiger partial charge in [0, 0.05) is 26.2 Å². The normalized spacial score (nSPS) is 10.6. The summed E-state index contributed by atoms with van der Waals surface area (Å²) >= 11 is 0. The van der Waals surface area contributed by atoms with E-state index in [9.17, 15) is 9.59 Å². The number of aliphatic carboxylic acids is 1. The van der Waals surface area contributed by atoms with E-state index < -0.39 is 5.97 Å². The van der Waals surface area contributed by atoms with Gasteiger partial charge in [-0.05, 0) is 12.8 Å². The molecule has 0 rings (SSSR count). The molecule has 0 aromatic rings. The lowest BCUT2D eigenvalue weighted by molar-refractivity contribution is -0.138. The Bertz CT molecular complexity index is 285. The summed E-state index contributed by atoms with van der Waals surface area (Å²) < 4.78 is 16.0. The number of carboxylic acids is 1. The van der Waals surface area contributed by atoms with E-state index in [1.165, 1.54) is 0 Å². The summed E-state index contributed by atoms with van der Waals surface area (Å²) in [5.41, 5.74) is 0. The molecular formula is C15H29NO6. The maximum atomic E-state index is 11.2. The van der Waals surface area contributed by atoms with Crippen molar-refractivity contribution in [2.45, 2.75) is 39.0 Å². The first-order valence-corrected chi connectivity index (χ1v) is 7.88. The second kappa shape index (κ2) is 16.2. The Hall–Kier alpha value is -1.18. The Balaban J connectivity index is 3.11. The topological polar surface area (TPSA) is 94.1 Å². The second-order valence-electron chi connectivity index (χ2n) is 4.79. The van der Waals surface area contributed by atoms with Gasteiger partial charge >= 0.3 is 5.97 Å². The number of carboxylic acid groups (broad SMARTS) is 1. The van der Waals surface area contributed by atoms with Gasteiger partial charge < -0.3 is 24.6 Å². The molecule has 2 N–H and O–H groups in total. The number of nitrogens with one attached hydrogen (secondary N) is 1. The van der Waals surface area contributed by atoms with Crippen LogP contribution in [0.1, 0.15) is 39.0 Å². The number of unbranched alkanes of at least 4 members (excludes halogenated alkanes) is 1. The summed E-state index contributed by atoms with van der Waals surface area (Å²) in [6.45, 7) is 6.17. The van der Waals surface area contributed by atoms with E-state index in [-0.39, 0.29) is 18.7 Å². The second-order valence-corrected chi connectivity index (χ2v) is 4.79. The monoisotopic (exact) mass is 319 g/mol. The standard InChI is InChI=1S/C15H29NO6/c1-2-3-8-20-10-12-22-13-11-21-9-4-7-16-14(17)5-6-15(18)19/h2-13H2,1H3,(H,16,17)(H,18,19). The van der Waals surface area contributed by atoms with E-state index in [0.717, 1.165) is 19.4 Å². The molecule has 7 heteroatoms. The van der Waals surface area contributed by atoms with Crippen molar-refractivity contribution in [3.63, 3.8) is 0 Å². The quantitative estimate of drug-likeness (QED) is 0.415. The van der Waals surface area contributed by atoms with Gasteiger partial charge in [-0.25, -0.2) is 0 Å². The van der Waals surface area contributed by atoms with Crippen molar-refractivity contribution in [2.75, 3.05) is 46.2 Å². The van der Waals surface area contributed by atoms with Gasteiger partial charge in [0.25, 0.3) is 0 Å². The number of amides is 1. The van der Waals surface area contributed by atoms with Gasteiger partial charge in [-0.3, -0.25) is 9.59 Å². The highest BCUT2D eigenvalue weighted by molar-refractivity contribution is 5.80. The summed E-state index contributed by atoms with van der Waals surface area (Å²) in [7, 11) is 0. The van der Waals surface area contributed by atoms with Gasteiger partial charge in [-0.2, -0.15) is 0 Å².